The lowest BCUT2D eigenvalue weighted by Crippen LogP contribution is -2.59. The molecule has 6 aromatic heterocycles. The summed E-state index contributed by atoms with van der Waals surface area (Å²) >= 11 is 4.27. The third-order valence-electron chi connectivity index (χ3n) is 33.1. The maximum atomic E-state index is 13.5. The van der Waals surface area contributed by atoms with E-state index in [9.17, 15) is 58.5 Å². The number of rotatable bonds is 31. The zero-order valence-corrected chi connectivity index (χ0v) is 92.5. The number of ether oxygens (including phenoxy) is 1. The van der Waals surface area contributed by atoms with Gasteiger partial charge in [0, 0.05) is 157 Å². The Morgan fingerprint density at radius 1 is 0.393 bits per heavy atom. The first-order valence-corrected chi connectivity index (χ1v) is 57.2. The van der Waals surface area contributed by atoms with Crippen LogP contribution in [0.5, 0.6) is 0 Å². The van der Waals surface area contributed by atoms with E-state index in [-0.39, 0.29) is 110 Å². The van der Waals surface area contributed by atoms with Crippen molar-refractivity contribution in [2.75, 3.05) is 53.0 Å². The van der Waals surface area contributed by atoms with Gasteiger partial charge in [-0.05, 0) is 260 Å². The summed E-state index contributed by atoms with van der Waals surface area (Å²) in [4.78, 5) is 152. The molecule has 25 nitrogen and oxygen atoms in total. The normalized spacial score (nSPS) is 22.0. The van der Waals surface area contributed by atoms with Crippen LogP contribution in [0.25, 0.3) is 50.9 Å². The standard InChI is InChI=1S/C42H54N4O4S.C40H50N4O5S.C40H50N4O4S/c1-6-7-27-8-12-29(13-9-27)31-16-17-34(26(2)20-31)32-22-43-38(44-23-32)30-14-10-28(11-15-30)21-35(40(48)46-24-33(25-46)41(49)50)45-39(47)36-18-19-37(51-36)42(3,4)5;1-40(2,3)35-18-17-34(50-35)37(45)43-33(38(46)44-22-32(23-44)39(47)48)19-25-5-11-30(12-6-25)36-41-20-31(21-42-36)29-15-13-28(14-16-29)27-9-7-26(8-10-27)24-49-4;1-39(2,3)34-15-14-33(49-34)36(45)43-32(37(46)44-23-31(24-44)38(47)48)20-25-6-8-29(9-7-25)35-41-21-30(22-42-35)27-12-10-26(11-13-27)28-16-18-40(4,5)19-17-28/h10-11,14-15,17-19,22-23,26-27,29,31,33,35H,6-9,12-13,16,20-21,24-25H2,1-5H3,(H,45,47)(H,49,50);5-6,11-12,15,17-18,20-21,26-28,32-33H,7-10,13-14,16,19,22-24H2,1-4H3,(H,43,45)(H,47,48);6-9,12,14-15,21-22,26,28,31-32H,10-11,13,16-20,23-24H2,1-5H3,(H,43,45)(H,47,48)/t26?,27?,29?,31?,35-;26?,27?,28?,33-;26?,32-/m000/s1. The molecule has 6 N–H and O–H groups in total. The van der Waals surface area contributed by atoms with Gasteiger partial charge in [-0.3, -0.25) is 43.2 Å². The number of amides is 6. The van der Waals surface area contributed by atoms with Gasteiger partial charge in [0.25, 0.3) is 17.7 Å². The molecule has 150 heavy (non-hydrogen) atoms. The zero-order chi connectivity index (χ0) is 107. The van der Waals surface area contributed by atoms with Crippen molar-refractivity contribution in [1.29, 1.82) is 0 Å². The maximum Gasteiger partial charge on any atom is 0.310 e. The number of carbonyl (C=O) groups is 9. The van der Waals surface area contributed by atoms with Crippen molar-refractivity contribution in [2.24, 2.45) is 76.4 Å². The fraction of sp³-hybridized carbons (Fsp3) is 0.533. The second kappa shape index (κ2) is 49.0. The number of likely N-dealkylation sites (tertiary alicyclic amines) is 3. The summed E-state index contributed by atoms with van der Waals surface area (Å²) in [5.41, 5.74) is 12.8. The molecule has 6 aliphatic carbocycles. The lowest BCUT2D eigenvalue weighted by atomic mass is 9.67. The monoisotopic (exact) mass is 2090 g/mol. The molecular weight excluding hydrogens is 1940 g/mol. The van der Waals surface area contributed by atoms with Crippen molar-refractivity contribution in [3.8, 4) is 34.2 Å². The van der Waals surface area contributed by atoms with E-state index in [1.165, 1.54) is 175 Å². The summed E-state index contributed by atoms with van der Waals surface area (Å²) < 4.78 is 5.38. The highest BCUT2D eigenvalue weighted by Crippen LogP contribution is 2.49. The fourth-order valence-corrected chi connectivity index (χ4v) is 26.2. The van der Waals surface area contributed by atoms with Crippen molar-refractivity contribution < 1.29 is 63.2 Å². The smallest absolute Gasteiger partial charge is 0.310 e. The number of aromatic nitrogens is 6. The lowest BCUT2D eigenvalue weighted by Gasteiger charge is -2.39. The van der Waals surface area contributed by atoms with Crippen LogP contribution in [0.3, 0.4) is 0 Å². The first kappa shape index (κ1) is 111. The van der Waals surface area contributed by atoms with Gasteiger partial charge in [-0.2, -0.15) is 0 Å². The van der Waals surface area contributed by atoms with Gasteiger partial charge in [-0.15, -0.1) is 34.0 Å². The average Bonchev–Trinajstić information content (AvgIpc) is 1.23. The molecule has 9 aromatic rings. The Bertz CT molecular complexity index is 6280. The van der Waals surface area contributed by atoms with E-state index in [0.29, 0.717) is 43.4 Å². The molecule has 3 saturated carbocycles. The summed E-state index contributed by atoms with van der Waals surface area (Å²) in [7, 11) is 1.81. The van der Waals surface area contributed by atoms with E-state index in [0.717, 1.165) is 151 Å². The van der Waals surface area contributed by atoms with Gasteiger partial charge >= 0.3 is 17.9 Å². The molecular formula is C122H154N12O13S3. The quantitative estimate of drug-likeness (QED) is 0.0235. The molecule has 7 atom stereocenters. The van der Waals surface area contributed by atoms with Crippen molar-refractivity contribution in [2.45, 2.75) is 285 Å². The van der Waals surface area contributed by atoms with Gasteiger partial charge in [-0.1, -0.05) is 207 Å². The molecule has 3 aromatic carbocycles. The van der Waals surface area contributed by atoms with Crippen LogP contribution in [-0.2, 0) is 69.0 Å². The first-order chi connectivity index (χ1) is 71.6. The highest BCUT2D eigenvalue weighted by molar-refractivity contribution is 7.14. The van der Waals surface area contributed by atoms with E-state index in [1.807, 2.05) is 135 Å². The Hall–Kier alpha value is -11.6. The van der Waals surface area contributed by atoms with Crippen molar-refractivity contribution in [3.05, 3.63) is 227 Å². The molecule has 9 aliphatic rings. The Morgan fingerprint density at radius 2 is 0.707 bits per heavy atom. The highest BCUT2D eigenvalue weighted by atomic mass is 32.1. The molecule has 6 amide bonds. The molecule has 4 unspecified atom stereocenters. The Labute approximate surface area is 897 Å². The molecule has 3 aliphatic heterocycles. The van der Waals surface area contributed by atoms with Crippen LogP contribution < -0.4 is 16.0 Å². The summed E-state index contributed by atoms with van der Waals surface area (Å²) in [6.45, 7) is 30.1. The molecule has 9 heterocycles. The van der Waals surface area contributed by atoms with Gasteiger partial charge in [0.05, 0.1) is 32.4 Å². The summed E-state index contributed by atoms with van der Waals surface area (Å²) in [5.74, 6) is 2.83. The number of hydrogen-bond donors (Lipinski definition) is 6. The number of methoxy groups -OCH3 is 1. The number of hydrogen-bond acceptors (Lipinski definition) is 19. The van der Waals surface area contributed by atoms with Gasteiger partial charge in [0.1, 0.15) is 18.1 Å². The predicted molar refractivity (Wildman–Crippen MR) is 593 cm³/mol. The van der Waals surface area contributed by atoms with Crippen LogP contribution in [0, 0.1) is 76.4 Å². The second-order valence-corrected chi connectivity index (χ2v) is 51.1. The average molecular weight is 2090 g/mol. The minimum atomic E-state index is -0.913. The summed E-state index contributed by atoms with van der Waals surface area (Å²) in [6.07, 6.45) is 48.0. The molecule has 6 fully saturated rings. The Balaban J connectivity index is 0.000000160. The Morgan fingerprint density at radius 3 is 1.00 bits per heavy atom. The number of carboxylic acid groups (broad SMARTS) is 3. The van der Waals surface area contributed by atoms with Crippen molar-refractivity contribution in [1.82, 2.24) is 60.6 Å². The molecule has 798 valence electrons. The first-order valence-electron chi connectivity index (χ1n) is 54.7. The van der Waals surface area contributed by atoms with Crippen LogP contribution in [0.2, 0.25) is 0 Å². The van der Waals surface area contributed by atoms with Crippen LogP contribution in [-0.4, -0.2) is 184 Å². The van der Waals surface area contributed by atoms with E-state index in [1.54, 1.807) is 18.2 Å². The van der Waals surface area contributed by atoms with E-state index in [4.69, 9.17) is 34.6 Å². The molecule has 18 rings (SSSR count). The molecule has 28 heteroatoms. The number of nitrogens with zero attached hydrogens (tertiary/aromatic N) is 9. The minimum absolute atomic E-state index is 0.0867. The number of carboxylic acids is 3. The predicted octanol–water partition coefficient (Wildman–Crippen LogP) is 23.2. The summed E-state index contributed by atoms with van der Waals surface area (Å²) in [5, 5.41) is 36.8. The number of allylic oxidation sites excluding steroid dienone is 6. The van der Waals surface area contributed by atoms with Crippen LogP contribution in [0.1, 0.15) is 308 Å². The second-order valence-electron chi connectivity index (χ2n) is 47.9. The molecule has 0 radical (unpaired) electrons. The zero-order valence-electron chi connectivity index (χ0n) is 90.0. The minimum Gasteiger partial charge on any atom is -0.481 e. The van der Waals surface area contributed by atoms with E-state index < -0.39 is 53.8 Å². The van der Waals surface area contributed by atoms with Crippen LogP contribution >= 0.6 is 34.0 Å². The number of thiophene rings is 3. The number of benzene rings is 3. The molecule has 0 spiro atoms. The SMILES string of the molecule is CC1(C)CCC(C2CC=C(c3cnc(-c4ccc(C[C@H](NC(=O)c5ccc(C(C)(C)C)s5)C(=O)N5CC(C(=O)O)C5)cc4)nc3)CC2)CC1.CCCC1CCC(C2CC=C(c3cnc(-c4ccc(C[C@H](NC(=O)c5ccc(C(C)(C)C)s5)C(=O)N5CC(C(=O)O)C5)cc4)nc3)C(C)C2)CC1.COCC1CCC(C2CC=C(c3cnc(-c4ccc(C[C@H](NC(=O)c5ccc(C(C)(C)C)s5)C(=O)N5CC(C(=O)O)C5)cc4)nc3)CC2)CC1. The maximum absolute atomic E-state index is 13.5. The number of aliphatic carboxylic acids is 3. The fourth-order valence-electron chi connectivity index (χ4n) is 23.3. The molecule has 3 saturated heterocycles. The molecule has 0 bridgehead atoms. The van der Waals surface area contributed by atoms with Gasteiger partial charge in [-0.25, -0.2) is 29.9 Å². The lowest BCUT2D eigenvalue weighted by molar-refractivity contribution is -0.155. The Kier molecular flexibility index (Phi) is 36.3. The third kappa shape index (κ3) is 28.5. The number of carbonyl (C=O) groups excluding carboxylic acids is 6. The van der Waals surface area contributed by atoms with Gasteiger partial charge in [0.2, 0.25) is 17.7 Å². The van der Waals surface area contributed by atoms with E-state index >= 15 is 0 Å². The van der Waals surface area contributed by atoms with E-state index in [2.05, 4.69) is 124 Å². The van der Waals surface area contributed by atoms with Crippen LogP contribution in [0.4, 0.5) is 0 Å². The van der Waals surface area contributed by atoms with Crippen molar-refractivity contribution in [3.63, 3.8) is 0 Å². The summed E-state index contributed by atoms with van der Waals surface area (Å²) in [6, 6.07) is 32.1. The van der Waals surface area contributed by atoms with Crippen LogP contribution in [0.15, 0.2) is 165 Å². The largest absolute Gasteiger partial charge is 0.481 e. The van der Waals surface area contributed by atoms with Gasteiger partial charge in [0.15, 0.2) is 17.5 Å². The van der Waals surface area contributed by atoms with Gasteiger partial charge < -0.3 is 50.7 Å². The highest BCUT2D eigenvalue weighted by Gasteiger charge is 2.44. The third-order valence-corrected chi connectivity index (χ3v) is 37.7. The topological polar surface area (TPSA) is 347 Å². The van der Waals surface area contributed by atoms with Crippen molar-refractivity contribution >= 4 is 104 Å². The number of nitrogens with one attached hydrogen (secondary N) is 3.